The zero-order valence-electron chi connectivity index (χ0n) is 15.2. The highest BCUT2D eigenvalue weighted by atomic mass is 35.5. The SMILES string of the molecule is CN(C)C(=O)c1ccc(S(=O)(=O)N2CCC(N3CCNCC3)C2)cc1.Cl. The second kappa shape index (κ2) is 8.67. The Kier molecular flexibility index (Phi) is 7.04. The summed E-state index contributed by atoms with van der Waals surface area (Å²) in [6.45, 7) is 4.96. The topological polar surface area (TPSA) is 73.0 Å². The molecule has 1 unspecified atom stereocenters. The van der Waals surface area contributed by atoms with E-state index >= 15 is 0 Å². The van der Waals surface area contributed by atoms with Crippen LogP contribution in [0.2, 0.25) is 0 Å². The third kappa shape index (κ3) is 4.37. The summed E-state index contributed by atoms with van der Waals surface area (Å²) >= 11 is 0. The highest BCUT2D eigenvalue weighted by molar-refractivity contribution is 7.89. The molecule has 0 saturated carbocycles. The number of amides is 1. The highest BCUT2D eigenvalue weighted by Crippen LogP contribution is 2.24. The van der Waals surface area contributed by atoms with Crippen LogP contribution in [0.5, 0.6) is 0 Å². The molecule has 146 valence electrons. The number of sulfonamides is 1. The Morgan fingerprint density at radius 3 is 2.31 bits per heavy atom. The fourth-order valence-electron chi connectivity index (χ4n) is 3.45. The molecule has 2 aliphatic rings. The summed E-state index contributed by atoms with van der Waals surface area (Å²) in [5.74, 6) is -0.135. The Hall–Kier alpha value is -1.19. The first-order valence-electron chi connectivity index (χ1n) is 8.66. The molecule has 26 heavy (non-hydrogen) atoms. The normalized spacial score (nSPS) is 22.0. The quantitative estimate of drug-likeness (QED) is 0.793. The molecule has 0 bridgehead atoms. The van der Waals surface area contributed by atoms with E-state index in [1.807, 2.05) is 0 Å². The van der Waals surface area contributed by atoms with Crippen molar-refractivity contribution in [2.45, 2.75) is 17.4 Å². The Morgan fingerprint density at radius 1 is 1.12 bits per heavy atom. The average molecular weight is 403 g/mol. The van der Waals surface area contributed by atoms with E-state index < -0.39 is 10.0 Å². The first-order chi connectivity index (χ1) is 11.9. The molecule has 1 aromatic rings. The second-order valence-corrected chi connectivity index (χ2v) is 8.75. The third-order valence-corrected chi connectivity index (χ3v) is 6.82. The lowest BCUT2D eigenvalue weighted by Gasteiger charge is -2.32. The lowest BCUT2D eigenvalue weighted by molar-refractivity contribution is 0.0827. The van der Waals surface area contributed by atoms with E-state index in [9.17, 15) is 13.2 Å². The number of nitrogens with zero attached hydrogens (tertiary/aromatic N) is 3. The van der Waals surface area contributed by atoms with Gasteiger partial charge < -0.3 is 10.2 Å². The second-order valence-electron chi connectivity index (χ2n) is 6.82. The van der Waals surface area contributed by atoms with Gasteiger partial charge in [0.2, 0.25) is 10.0 Å². The number of nitrogens with one attached hydrogen (secondary N) is 1. The van der Waals surface area contributed by atoms with Gasteiger partial charge in [-0.05, 0) is 30.7 Å². The molecule has 1 atom stereocenters. The molecular weight excluding hydrogens is 376 g/mol. The number of carbonyl (C=O) groups is 1. The van der Waals surface area contributed by atoms with E-state index in [1.165, 1.54) is 17.0 Å². The first kappa shape index (κ1) is 21.1. The first-order valence-corrected chi connectivity index (χ1v) is 10.1. The molecular formula is C17H27ClN4O3S. The van der Waals surface area contributed by atoms with Gasteiger partial charge in [0.05, 0.1) is 4.90 Å². The Morgan fingerprint density at radius 2 is 1.73 bits per heavy atom. The predicted octanol–water partition coefficient (Wildman–Crippen LogP) is 0.478. The van der Waals surface area contributed by atoms with Crippen LogP contribution in [0.1, 0.15) is 16.8 Å². The summed E-state index contributed by atoms with van der Waals surface area (Å²) in [6, 6.07) is 6.53. The van der Waals surface area contributed by atoms with Gasteiger partial charge in [-0.3, -0.25) is 9.69 Å². The van der Waals surface area contributed by atoms with Crippen LogP contribution in [0.15, 0.2) is 29.2 Å². The number of rotatable bonds is 4. The molecule has 3 rings (SSSR count). The fraction of sp³-hybridized carbons (Fsp3) is 0.588. The largest absolute Gasteiger partial charge is 0.345 e. The van der Waals surface area contributed by atoms with E-state index in [1.54, 1.807) is 30.5 Å². The standard InChI is InChI=1S/C17H26N4O3S.ClH/c1-19(2)17(22)14-3-5-16(6-4-14)25(23,24)21-10-7-15(13-21)20-11-8-18-9-12-20;/h3-6,15,18H,7-13H2,1-2H3;1H. The Labute approximate surface area is 161 Å². The van der Waals surface area contributed by atoms with Gasteiger partial charge in [0, 0.05) is 65.0 Å². The highest BCUT2D eigenvalue weighted by Gasteiger charge is 2.35. The molecule has 0 spiro atoms. The minimum atomic E-state index is -3.51. The van der Waals surface area contributed by atoms with Gasteiger partial charge in [-0.25, -0.2) is 8.42 Å². The molecule has 2 heterocycles. The molecule has 1 N–H and O–H groups in total. The van der Waals surface area contributed by atoms with Crippen LogP contribution in [-0.2, 0) is 10.0 Å². The van der Waals surface area contributed by atoms with E-state index in [-0.39, 0.29) is 23.2 Å². The monoisotopic (exact) mass is 402 g/mol. The van der Waals surface area contributed by atoms with Crippen LogP contribution in [0, 0.1) is 0 Å². The minimum Gasteiger partial charge on any atom is -0.345 e. The van der Waals surface area contributed by atoms with Crippen molar-refractivity contribution < 1.29 is 13.2 Å². The van der Waals surface area contributed by atoms with Crippen LogP contribution in [0.4, 0.5) is 0 Å². The van der Waals surface area contributed by atoms with Crippen molar-refractivity contribution in [1.29, 1.82) is 0 Å². The van der Waals surface area contributed by atoms with Gasteiger partial charge in [0.1, 0.15) is 0 Å². The molecule has 1 amide bonds. The summed E-state index contributed by atoms with van der Waals surface area (Å²) in [6.07, 6.45) is 0.871. The Bertz CT molecular complexity index is 718. The van der Waals surface area contributed by atoms with Crippen LogP contribution in [-0.4, -0.2) is 87.8 Å². The summed E-state index contributed by atoms with van der Waals surface area (Å²) in [5, 5.41) is 3.32. The van der Waals surface area contributed by atoms with Crippen molar-refractivity contribution in [3.05, 3.63) is 29.8 Å². The molecule has 0 aromatic heterocycles. The third-order valence-electron chi connectivity index (χ3n) is 4.94. The van der Waals surface area contributed by atoms with E-state index in [0.717, 1.165) is 32.6 Å². The smallest absolute Gasteiger partial charge is 0.253 e. The number of piperazine rings is 1. The maximum Gasteiger partial charge on any atom is 0.253 e. The molecule has 0 aliphatic carbocycles. The lowest BCUT2D eigenvalue weighted by Crippen LogP contribution is -2.49. The van der Waals surface area contributed by atoms with E-state index in [4.69, 9.17) is 0 Å². The van der Waals surface area contributed by atoms with Crippen LogP contribution < -0.4 is 5.32 Å². The van der Waals surface area contributed by atoms with Crippen molar-refractivity contribution in [3.8, 4) is 0 Å². The van der Waals surface area contributed by atoms with Crippen molar-refractivity contribution in [2.24, 2.45) is 0 Å². The zero-order valence-corrected chi connectivity index (χ0v) is 16.9. The van der Waals surface area contributed by atoms with E-state index in [2.05, 4.69) is 10.2 Å². The molecule has 2 saturated heterocycles. The van der Waals surface area contributed by atoms with Crippen molar-refractivity contribution in [2.75, 3.05) is 53.4 Å². The van der Waals surface area contributed by atoms with Crippen molar-refractivity contribution >= 4 is 28.3 Å². The maximum atomic E-state index is 12.9. The Balaban J connectivity index is 0.00000243. The van der Waals surface area contributed by atoms with Crippen LogP contribution in [0.25, 0.3) is 0 Å². The van der Waals surface area contributed by atoms with Crippen LogP contribution >= 0.6 is 12.4 Å². The number of carbonyl (C=O) groups excluding carboxylic acids is 1. The number of benzene rings is 1. The zero-order chi connectivity index (χ0) is 18.0. The summed E-state index contributed by atoms with van der Waals surface area (Å²) in [4.78, 5) is 16.0. The van der Waals surface area contributed by atoms with Gasteiger partial charge in [-0.2, -0.15) is 4.31 Å². The molecule has 2 aliphatic heterocycles. The minimum absolute atomic E-state index is 0. The summed E-state index contributed by atoms with van der Waals surface area (Å²) in [5.41, 5.74) is 0.490. The van der Waals surface area contributed by atoms with Crippen molar-refractivity contribution in [3.63, 3.8) is 0 Å². The van der Waals surface area contributed by atoms with Gasteiger partial charge in [0.25, 0.3) is 5.91 Å². The van der Waals surface area contributed by atoms with Gasteiger partial charge >= 0.3 is 0 Å². The molecule has 1 aromatic carbocycles. The van der Waals surface area contributed by atoms with Crippen molar-refractivity contribution in [1.82, 2.24) is 19.4 Å². The number of hydrogen-bond donors (Lipinski definition) is 1. The van der Waals surface area contributed by atoms with Gasteiger partial charge in [-0.1, -0.05) is 0 Å². The van der Waals surface area contributed by atoms with Gasteiger partial charge in [0.15, 0.2) is 0 Å². The molecule has 2 fully saturated rings. The van der Waals surface area contributed by atoms with Gasteiger partial charge in [-0.15, -0.1) is 12.4 Å². The fourth-order valence-corrected chi connectivity index (χ4v) is 4.94. The number of halogens is 1. The van der Waals surface area contributed by atoms with Crippen LogP contribution in [0.3, 0.4) is 0 Å². The average Bonchev–Trinajstić information content (AvgIpc) is 3.13. The summed E-state index contributed by atoms with van der Waals surface area (Å²) < 4.78 is 27.3. The lowest BCUT2D eigenvalue weighted by atomic mass is 10.2. The molecule has 0 radical (unpaired) electrons. The molecule has 9 heteroatoms. The maximum absolute atomic E-state index is 12.9. The molecule has 7 nitrogen and oxygen atoms in total. The predicted molar refractivity (Wildman–Crippen MR) is 103 cm³/mol. The van der Waals surface area contributed by atoms with E-state index in [0.29, 0.717) is 24.7 Å². The number of hydrogen-bond acceptors (Lipinski definition) is 5. The summed E-state index contributed by atoms with van der Waals surface area (Å²) in [7, 11) is -0.159.